The van der Waals surface area contributed by atoms with Gasteiger partial charge < -0.3 is 23.7 Å². The molecule has 0 spiro atoms. The van der Waals surface area contributed by atoms with Crippen LogP contribution in [0, 0.1) is 0 Å². The van der Waals surface area contributed by atoms with E-state index in [1.165, 1.54) is 4.90 Å². The number of likely N-dealkylation sites (N-methyl/N-ethyl adjacent to an activating group) is 1. The van der Waals surface area contributed by atoms with Crippen molar-refractivity contribution in [3.8, 4) is 11.5 Å². The molecule has 2 heterocycles. The third-order valence-corrected chi connectivity index (χ3v) is 6.55. The molecule has 0 bridgehead atoms. The van der Waals surface area contributed by atoms with Crippen molar-refractivity contribution in [2.45, 2.75) is 19.6 Å². The Kier molecular flexibility index (Phi) is 6.97. The Hall–Kier alpha value is -4.10. The normalized spacial score (nSPS) is 14.9. The van der Waals surface area contributed by atoms with E-state index in [2.05, 4.69) is 0 Å². The molecule has 1 N–H and O–H groups in total. The number of para-hydroxylation sites is 1. The summed E-state index contributed by atoms with van der Waals surface area (Å²) in [4.78, 5) is 30.2. The molecule has 0 radical (unpaired) electrons. The number of carbonyl (C=O) groups is 1. The number of hydrogen-bond acceptors (Lipinski definition) is 5. The molecular formula is C30H31N2O5+. The number of nitrogens with one attached hydrogen (secondary N) is 1. The summed E-state index contributed by atoms with van der Waals surface area (Å²) in [6, 6.07) is 22.0. The van der Waals surface area contributed by atoms with Gasteiger partial charge in [-0.2, -0.15) is 0 Å². The van der Waals surface area contributed by atoms with Gasteiger partial charge in [0.25, 0.3) is 5.91 Å². The van der Waals surface area contributed by atoms with E-state index in [1.807, 2.05) is 69.6 Å². The van der Waals surface area contributed by atoms with E-state index in [0.29, 0.717) is 47.8 Å². The van der Waals surface area contributed by atoms with Gasteiger partial charge in [-0.15, -0.1) is 0 Å². The van der Waals surface area contributed by atoms with Crippen molar-refractivity contribution in [1.82, 2.24) is 4.90 Å². The van der Waals surface area contributed by atoms with E-state index < -0.39 is 6.04 Å². The molecule has 0 saturated heterocycles. The summed E-state index contributed by atoms with van der Waals surface area (Å²) >= 11 is 0. The summed E-state index contributed by atoms with van der Waals surface area (Å²) in [6.45, 7) is 3.96. The van der Waals surface area contributed by atoms with Gasteiger partial charge in [-0.05, 0) is 42.3 Å². The SMILES string of the molecule is CCOc1cc([C@@H]2c3c(oc4ccccc4c3=O)C(=O)N2CC[NH+](C)C)ccc1OCc1ccccc1. The molecule has 190 valence electrons. The number of quaternary nitrogens is 1. The molecule has 1 aliphatic heterocycles. The van der Waals surface area contributed by atoms with Crippen LogP contribution in [0.15, 0.2) is 82.0 Å². The van der Waals surface area contributed by atoms with Gasteiger partial charge in [0, 0.05) is 0 Å². The van der Waals surface area contributed by atoms with Crippen LogP contribution in [0.4, 0.5) is 0 Å². The number of fused-ring (bicyclic) bond motifs is 2. The molecule has 5 rings (SSSR count). The van der Waals surface area contributed by atoms with Crippen molar-refractivity contribution in [2.24, 2.45) is 0 Å². The topological polar surface area (TPSA) is 73.4 Å². The van der Waals surface area contributed by atoms with Gasteiger partial charge in [-0.3, -0.25) is 9.59 Å². The fraction of sp³-hybridized carbons (Fsp3) is 0.267. The van der Waals surface area contributed by atoms with E-state index in [9.17, 15) is 9.59 Å². The van der Waals surface area contributed by atoms with Crippen molar-refractivity contribution < 1.29 is 23.6 Å². The van der Waals surface area contributed by atoms with E-state index >= 15 is 0 Å². The Labute approximate surface area is 215 Å². The van der Waals surface area contributed by atoms with Gasteiger partial charge in [0.2, 0.25) is 5.76 Å². The fourth-order valence-electron chi connectivity index (χ4n) is 4.71. The maximum Gasteiger partial charge on any atom is 0.291 e. The van der Waals surface area contributed by atoms with Crippen LogP contribution in [0.25, 0.3) is 11.0 Å². The second kappa shape index (κ2) is 10.5. The zero-order valence-corrected chi connectivity index (χ0v) is 21.3. The predicted octanol–water partition coefficient (Wildman–Crippen LogP) is 3.46. The van der Waals surface area contributed by atoms with Gasteiger partial charge in [0.15, 0.2) is 16.9 Å². The minimum atomic E-state index is -0.579. The number of nitrogens with zero attached hydrogens (tertiary/aromatic N) is 1. The highest BCUT2D eigenvalue weighted by atomic mass is 16.5. The number of ether oxygens (including phenoxy) is 2. The zero-order valence-electron chi connectivity index (χ0n) is 21.3. The van der Waals surface area contributed by atoms with Crippen LogP contribution in [0.1, 0.15) is 40.2 Å². The Balaban J connectivity index is 1.58. The molecule has 37 heavy (non-hydrogen) atoms. The van der Waals surface area contributed by atoms with Gasteiger partial charge in [-0.25, -0.2) is 0 Å². The molecule has 7 nitrogen and oxygen atoms in total. The summed E-state index contributed by atoms with van der Waals surface area (Å²) in [6.07, 6.45) is 0. The lowest BCUT2D eigenvalue weighted by atomic mass is 9.98. The van der Waals surface area contributed by atoms with Gasteiger partial charge in [0.05, 0.1) is 50.8 Å². The number of amides is 1. The Morgan fingerprint density at radius 1 is 0.919 bits per heavy atom. The summed E-state index contributed by atoms with van der Waals surface area (Å²) in [5.74, 6) is 1.02. The van der Waals surface area contributed by atoms with Gasteiger partial charge in [0.1, 0.15) is 12.2 Å². The highest BCUT2D eigenvalue weighted by molar-refractivity contribution is 5.99. The Bertz CT molecular complexity index is 1480. The van der Waals surface area contributed by atoms with Gasteiger partial charge >= 0.3 is 0 Å². The van der Waals surface area contributed by atoms with Crippen LogP contribution in [0.5, 0.6) is 11.5 Å². The maximum atomic E-state index is 13.7. The van der Waals surface area contributed by atoms with Crippen molar-refractivity contribution in [3.63, 3.8) is 0 Å². The van der Waals surface area contributed by atoms with Crippen molar-refractivity contribution >= 4 is 16.9 Å². The Morgan fingerprint density at radius 2 is 1.68 bits per heavy atom. The second-order valence-corrected chi connectivity index (χ2v) is 9.44. The van der Waals surface area contributed by atoms with E-state index in [-0.39, 0.29) is 17.1 Å². The summed E-state index contributed by atoms with van der Waals surface area (Å²) in [5, 5.41) is 0.465. The molecule has 1 atom stereocenters. The van der Waals surface area contributed by atoms with Crippen molar-refractivity contribution in [3.05, 3.63) is 105 Å². The quantitative estimate of drug-likeness (QED) is 0.382. The van der Waals surface area contributed by atoms with Crippen molar-refractivity contribution in [1.29, 1.82) is 0 Å². The molecule has 1 aliphatic rings. The fourth-order valence-corrected chi connectivity index (χ4v) is 4.71. The highest BCUT2D eigenvalue weighted by Crippen LogP contribution is 2.41. The Morgan fingerprint density at radius 3 is 2.43 bits per heavy atom. The lowest BCUT2D eigenvalue weighted by Gasteiger charge is -2.26. The first-order valence-corrected chi connectivity index (χ1v) is 12.6. The average Bonchev–Trinajstić information content (AvgIpc) is 3.19. The minimum absolute atomic E-state index is 0.116. The molecule has 1 amide bonds. The van der Waals surface area contributed by atoms with E-state index in [0.717, 1.165) is 17.7 Å². The van der Waals surface area contributed by atoms with Gasteiger partial charge in [-0.1, -0.05) is 48.5 Å². The number of carbonyl (C=O) groups excluding carboxylic acids is 1. The molecule has 0 saturated carbocycles. The smallest absolute Gasteiger partial charge is 0.291 e. The first-order chi connectivity index (χ1) is 18.0. The molecule has 0 fully saturated rings. The third kappa shape index (κ3) is 4.82. The molecule has 1 aromatic heterocycles. The minimum Gasteiger partial charge on any atom is -0.490 e. The molecule has 0 unspecified atom stereocenters. The van der Waals surface area contributed by atoms with Crippen LogP contribution < -0.4 is 19.8 Å². The first kappa shape index (κ1) is 24.6. The standard InChI is InChI=1S/C30H30N2O5/c1-4-35-25-18-21(14-15-24(25)36-19-20-10-6-5-7-11-20)27-26-28(33)22-12-8-9-13-23(22)37-29(26)30(34)32(27)17-16-31(2)3/h5-15,18,27H,4,16-17,19H2,1-3H3/p+1/t27-/m1/s1. The van der Waals surface area contributed by atoms with Crippen LogP contribution in [0.2, 0.25) is 0 Å². The number of rotatable bonds is 9. The lowest BCUT2D eigenvalue weighted by molar-refractivity contribution is -0.857. The van der Waals surface area contributed by atoms with E-state index in [1.54, 1.807) is 29.2 Å². The first-order valence-electron chi connectivity index (χ1n) is 12.6. The lowest BCUT2D eigenvalue weighted by Crippen LogP contribution is -3.06. The van der Waals surface area contributed by atoms with Crippen LogP contribution in [-0.4, -0.2) is 44.6 Å². The highest BCUT2D eigenvalue weighted by Gasteiger charge is 2.43. The molecule has 0 aliphatic carbocycles. The largest absolute Gasteiger partial charge is 0.490 e. The number of benzene rings is 3. The van der Waals surface area contributed by atoms with Crippen LogP contribution >= 0.6 is 0 Å². The third-order valence-electron chi connectivity index (χ3n) is 6.55. The summed E-state index contributed by atoms with van der Waals surface area (Å²) in [5.41, 5.74) is 2.43. The molecule has 3 aromatic carbocycles. The number of hydrogen-bond donors (Lipinski definition) is 1. The summed E-state index contributed by atoms with van der Waals surface area (Å²) in [7, 11) is 4.07. The van der Waals surface area contributed by atoms with Crippen LogP contribution in [-0.2, 0) is 6.61 Å². The monoisotopic (exact) mass is 499 g/mol. The average molecular weight is 500 g/mol. The van der Waals surface area contributed by atoms with Crippen LogP contribution in [0.3, 0.4) is 0 Å². The second-order valence-electron chi connectivity index (χ2n) is 9.44. The van der Waals surface area contributed by atoms with E-state index in [4.69, 9.17) is 13.9 Å². The predicted molar refractivity (Wildman–Crippen MR) is 141 cm³/mol. The maximum absolute atomic E-state index is 13.7. The molecular weight excluding hydrogens is 468 g/mol. The molecule has 4 aromatic rings. The molecule has 7 heteroatoms. The van der Waals surface area contributed by atoms with Crippen molar-refractivity contribution in [2.75, 3.05) is 33.8 Å². The zero-order chi connectivity index (χ0) is 25.9. The summed E-state index contributed by atoms with van der Waals surface area (Å²) < 4.78 is 18.0.